The van der Waals surface area contributed by atoms with Crippen molar-refractivity contribution in [3.63, 3.8) is 0 Å². The van der Waals surface area contributed by atoms with Crippen molar-refractivity contribution in [1.29, 1.82) is 0 Å². The molecule has 234 valence electrons. The van der Waals surface area contributed by atoms with Crippen LogP contribution in [0.25, 0.3) is 22.3 Å². The zero-order valence-electron chi connectivity index (χ0n) is 22.9. The van der Waals surface area contributed by atoms with Gasteiger partial charge in [-0.25, -0.2) is 0 Å². The molecule has 5 rings (SSSR count). The van der Waals surface area contributed by atoms with Gasteiger partial charge in [-0.05, 0) is 25.1 Å². The van der Waals surface area contributed by atoms with Crippen LogP contribution in [0.2, 0.25) is 0 Å². The van der Waals surface area contributed by atoms with E-state index in [1.807, 2.05) is 0 Å². The van der Waals surface area contributed by atoms with Crippen molar-refractivity contribution in [2.75, 3.05) is 13.7 Å². The molecule has 1 aromatic heterocycles. The summed E-state index contributed by atoms with van der Waals surface area (Å²) < 4.78 is 32.9. The Hall–Kier alpha value is -3.51. The minimum atomic E-state index is -1.78. The first-order chi connectivity index (χ1) is 20.4. The van der Waals surface area contributed by atoms with E-state index in [1.165, 1.54) is 32.2 Å². The molecule has 10 atom stereocenters. The molecule has 15 heteroatoms. The minimum absolute atomic E-state index is 0.0517. The quantitative estimate of drug-likeness (QED) is 0.159. The van der Waals surface area contributed by atoms with Gasteiger partial charge in [-0.15, -0.1) is 0 Å². The molecule has 0 amide bonds. The summed E-state index contributed by atoms with van der Waals surface area (Å²) in [5.74, 6) is -0.605. The Morgan fingerprint density at radius 3 is 2.19 bits per heavy atom. The normalized spacial score (nSPS) is 32.9. The predicted octanol–water partition coefficient (Wildman–Crippen LogP) is -1.09. The number of fused-ring (bicyclic) bond motifs is 1. The molecule has 3 aromatic rings. The van der Waals surface area contributed by atoms with Crippen LogP contribution < -0.4 is 14.9 Å². The molecule has 15 nitrogen and oxygen atoms in total. The molecular weight excluding hydrogens is 576 g/mol. The fourth-order valence-corrected chi connectivity index (χ4v) is 4.92. The van der Waals surface area contributed by atoms with Crippen molar-refractivity contribution >= 4 is 11.0 Å². The van der Waals surface area contributed by atoms with Gasteiger partial charge >= 0.3 is 0 Å². The second kappa shape index (κ2) is 12.2. The fraction of sp³-hybridized carbons (Fsp3) is 0.464. The summed E-state index contributed by atoms with van der Waals surface area (Å²) >= 11 is 0. The first kappa shape index (κ1) is 30.9. The molecular formula is C28H32O15. The summed E-state index contributed by atoms with van der Waals surface area (Å²) in [6, 6.07) is 7.78. The summed E-state index contributed by atoms with van der Waals surface area (Å²) in [5, 5.41) is 82.0. The highest BCUT2D eigenvalue weighted by atomic mass is 16.7. The Kier molecular flexibility index (Phi) is 8.80. The molecule has 43 heavy (non-hydrogen) atoms. The van der Waals surface area contributed by atoms with E-state index in [4.69, 9.17) is 28.1 Å². The maximum Gasteiger partial charge on any atom is 0.229 e. The summed E-state index contributed by atoms with van der Waals surface area (Å²) in [6.45, 7) is 0.953. The summed E-state index contributed by atoms with van der Waals surface area (Å²) in [7, 11) is 1.38. The topological polar surface area (TPSA) is 238 Å². The zero-order chi connectivity index (χ0) is 31.2. The lowest BCUT2D eigenvalue weighted by Crippen LogP contribution is -2.61. The van der Waals surface area contributed by atoms with Gasteiger partial charge in [0.15, 0.2) is 23.2 Å². The first-order valence-electron chi connectivity index (χ1n) is 13.3. The molecule has 2 aliphatic heterocycles. The monoisotopic (exact) mass is 608 g/mol. The van der Waals surface area contributed by atoms with Crippen LogP contribution in [0.15, 0.2) is 45.6 Å². The lowest BCUT2D eigenvalue weighted by Gasteiger charge is -2.42. The number of hydrogen-bond acceptors (Lipinski definition) is 15. The van der Waals surface area contributed by atoms with Gasteiger partial charge in [-0.1, -0.05) is 0 Å². The smallest absolute Gasteiger partial charge is 0.229 e. The number of phenols is 2. The number of ether oxygens (including phenoxy) is 5. The second-order valence-corrected chi connectivity index (χ2v) is 10.3. The largest absolute Gasteiger partial charge is 0.507 e. The van der Waals surface area contributed by atoms with Crippen LogP contribution in [0.1, 0.15) is 6.92 Å². The summed E-state index contributed by atoms with van der Waals surface area (Å²) in [6.07, 6.45) is -15.0. The van der Waals surface area contributed by atoms with Gasteiger partial charge in [0.1, 0.15) is 71.0 Å². The van der Waals surface area contributed by atoms with Crippen LogP contribution in [-0.2, 0) is 14.2 Å². The number of hydrogen-bond donors (Lipinski definition) is 8. The van der Waals surface area contributed by atoms with Gasteiger partial charge in [0.25, 0.3) is 0 Å². The van der Waals surface area contributed by atoms with Gasteiger partial charge in [0, 0.05) is 23.8 Å². The van der Waals surface area contributed by atoms with E-state index in [0.717, 1.165) is 12.1 Å². The lowest BCUT2D eigenvalue weighted by atomic mass is 9.98. The van der Waals surface area contributed by atoms with Crippen molar-refractivity contribution in [2.24, 2.45) is 0 Å². The van der Waals surface area contributed by atoms with Crippen LogP contribution in [-0.4, -0.2) is 116 Å². The Morgan fingerprint density at radius 1 is 0.791 bits per heavy atom. The van der Waals surface area contributed by atoms with E-state index in [0.29, 0.717) is 5.56 Å². The average molecular weight is 609 g/mol. The number of benzene rings is 2. The Balaban J connectivity index is 1.36. The number of aliphatic hydroxyl groups is 6. The molecule has 2 aliphatic rings. The fourth-order valence-electron chi connectivity index (χ4n) is 4.92. The van der Waals surface area contributed by atoms with Crippen LogP contribution in [0.4, 0.5) is 0 Å². The van der Waals surface area contributed by atoms with Gasteiger partial charge < -0.3 is 69.0 Å². The Morgan fingerprint density at radius 2 is 1.49 bits per heavy atom. The van der Waals surface area contributed by atoms with E-state index >= 15 is 0 Å². The number of phenolic OH excluding ortho intramolecular Hbond substituents is 2. The standard InChI is InChI=1S/C28H32O15/c1-10-21(32)23(34)25(36)27(40-10)39-9-19-22(33)24(35)26(37)28(43-19)41-12-6-14(30)20-15(31)8-17(42-18(20)7-12)11-3-4-16(38-2)13(29)5-11/h3-8,10,19,21-30,32-37H,9H2,1-2H3/t10-,19+,21+,22+,23+,24-,25+,26+,27+,28+/m0/s1. The third-order valence-corrected chi connectivity index (χ3v) is 7.40. The van der Waals surface area contributed by atoms with Crippen molar-refractivity contribution in [2.45, 2.75) is 68.3 Å². The maximum atomic E-state index is 12.8. The number of aromatic hydroxyl groups is 2. The van der Waals surface area contributed by atoms with Crippen molar-refractivity contribution in [3.8, 4) is 34.3 Å². The molecule has 0 bridgehead atoms. The SMILES string of the molecule is COc1ccc(-c2cc(=O)c3c(O)cc(O[C@@H]4O[C@H](CO[C@@H]5O[C@@H](C)[C@@H](O)[C@@H](O)[C@H]5O)[C@@H](O)[C@H](O)[C@H]4O)cc3o2)cc1O. The Bertz CT molecular complexity index is 1510. The highest BCUT2D eigenvalue weighted by Gasteiger charge is 2.47. The molecule has 0 unspecified atom stereocenters. The van der Waals surface area contributed by atoms with Crippen LogP contribution >= 0.6 is 0 Å². The first-order valence-corrected chi connectivity index (χ1v) is 13.3. The second-order valence-electron chi connectivity index (χ2n) is 10.3. The minimum Gasteiger partial charge on any atom is -0.507 e. The highest BCUT2D eigenvalue weighted by Crippen LogP contribution is 2.35. The van der Waals surface area contributed by atoms with Crippen molar-refractivity contribution in [3.05, 3.63) is 46.6 Å². The van der Waals surface area contributed by atoms with Crippen LogP contribution in [0, 0.1) is 0 Å². The predicted molar refractivity (Wildman–Crippen MR) is 143 cm³/mol. The molecule has 2 saturated heterocycles. The van der Waals surface area contributed by atoms with E-state index < -0.39 is 79.2 Å². The van der Waals surface area contributed by atoms with Crippen LogP contribution in [0.5, 0.6) is 23.0 Å². The van der Waals surface area contributed by atoms with E-state index in [2.05, 4.69) is 0 Å². The van der Waals surface area contributed by atoms with Crippen LogP contribution in [0.3, 0.4) is 0 Å². The summed E-state index contributed by atoms with van der Waals surface area (Å²) in [4.78, 5) is 12.8. The molecule has 8 N–H and O–H groups in total. The third-order valence-electron chi connectivity index (χ3n) is 7.40. The van der Waals surface area contributed by atoms with E-state index in [-0.39, 0.29) is 34.0 Å². The van der Waals surface area contributed by atoms with E-state index in [1.54, 1.807) is 6.07 Å². The number of methoxy groups -OCH3 is 1. The van der Waals surface area contributed by atoms with Gasteiger partial charge in [-0.3, -0.25) is 4.79 Å². The molecule has 3 heterocycles. The molecule has 0 spiro atoms. The molecule has 0 aliphatic carbocycles. The van der Waals surface area contributed by atoms with Crippen molar-refractivity contribution < 1.29 is 69.0 Å². The van der Waals surface area contributed by atoms with Crippen molar-refractivity contribution in [1.82, 2.24) is 0 Å². The average Bonchev–Trinajstić information content (AvgIpc) is 2.97. The lowest BCUT2D eigenvalue weighted by molar-refractivity contribution is -0.318. The maximum absolute atomic E-state index is 12.8. The zero-order valence-corrected chi connectivity index (χ0v) is 22.9. The number of aliphatic hydroxyl groups excluding tert-OH is 6. The Labute approximate surface area is 243 Å². The number of rotatable bonds is 7. The molecule has 0 saturated carbocycles. The third kappa shape index (κ3) is 5.99. The molecule has 0 radical (unpaired) electrons. The molecule has 2 aromatic carbocycles. The van der Waals surface area contributed by atoms with Gasteiger partial charge in [-0.2, -0.15) is 0 Å². The molecule has 2 fully saturated rings. The van der Waals surface area contributed by atoms with Gasteiger partial charge in [0.05, 0.1) is 19.8 Å². The highest BCUT2D eigenvalue weighted by molar-refractivity contribution is 5.86. The van der Waals surface area contributed by atoms with Gasteiger partial charge in [0.2, 0.25) is 6.29 Å². The van der Waals surface area contributed by atoms with E-state index in [9.17, 15) is 45.6 Å². The summed E-state index contributed by atoms with van der Waals surface area (Å²) in [5.41, 5.74) is -0.381.